The molecule has 2 amide bonds. The van der Waals surface area contributed by atoms with E-state index in [2.05, 4.69) is 5.32 Å². The third-order valence-corrected chi connectivity index (χ3v) is 3.91. The van der Waals surface area contributed by atoms with Gasteiger partial charge in [-0.05, 0) is 26.7 Å². The van der Waals surface area contributed by atoms with E-state index >= 15 is 0 Å². The molecule has 0 saturated heterocycles. The number of hydrogen-bond donors (Lipinski definition) is 2. The summed E-state index contributed by atoms with van der Waals surface area (Å²) in [5, 5.41) is 2.85. The van der Waals surface area contributed by atoms with Crippen LogP contribution in [0.15, 0.2) is 0 Å². The lowest BCUT2D eigenvalue weighted by Gasteiger charge is -2.27. The van der Waals surface area contributed by atoms with Crippen molar-refractivity contribution in [2.45, 2.75) is 52.0 Å². The lowest BCUT2D eigenvalue weighted by molar-refractivity contribution is -0.131. The Hall–Kier alpha value is -1.10. The maximum absolute atomic E-state index is 12.0. The Kier molecular flexibility index (Phi) is 6.84. The molecule has 5 nitrogen and oxygen atoms in total. The molecule has 1 fully saturated rings. The summed E-state index contributed by atoms with van der Waals surface area (Å²) in [6.45, 7) is 5.77. The molecule has 0 aromatic carbocycles. The zero-order valence-corrected chi connectivity index (χ0v) is 12.2. The van der Waals surface area contributed by atoms with Gasteiger partial charge in [-0.2, -0.15) is 0 Å². The van der Waals surface area contributed by atoms with E-state index in [1.165, 1.54) is 0 Å². The standard InChI is InChI=1S/C14H27N3O2/c1-3-17(4-2)13(18)9-10-16-14(19)11-7-5-6-8-12(11)15/h11-12H,3-10,15H2,1-2H3,(H,16,19). The Balaban J connectivity index is 2.28. The number of carbonyl (C=O) groups excluding carboxylic acids is 2. The average molecular weight is 269 g/mol. The monoisotopic (exact) mass is 269 g/mol. The number of nitrogens with one attached hydrogen (secondary N) is 1. The van der Waals surface area contributed by atoms with E-state index in [0.29, 0.717) is 13.0 Å². The molecule has 0 spiro atoms. The molecular formula is C14H27N3O2. The van der Waals surface area contributed by atoms with Gasteiger partial charge in [-0.3, -0.25) is 9.59 Å². The molecule has 0 bridgehead atoms. The summed E-state index contributed by atoms with van der Waals surface area (Å²) in [5.74, 6) is 0.0371. The molecule has 5 heteroatoms. The van der Waals surface area contributed by atoms with Crippen LogP contribution in [-0.2, 0) is 9.59 Å². The molecule has 1 aliphatic rings. The summed E-state index contributed by atoms with van der Waals surface area (Å²) in [6, 6.07) is -0.0211. The highest BCUT2D eigenvalue weighted by atomic mass is 16.2. The number of amides is 2. The minimum atomic E-state index is -0.0719. The van der Waals surface area contributed by atoms with Crippen LogP contribution in [0.5, 0.6) is 0 Å². The second kappa shape index (κ2) is 8.15. The Labute approximate surface area is 115 Å². The molecule has 0 radical (unpaired) electrons. The Bertz CT molecular complexity index is 303. The molecule has 1 rings (SSSR count). The van der Waals surface area contributed by atoms with E-state index in [4.69, 9.17) is 5.73 Å². The first-order valence-corrected chi connectivity index (χ1v) is 7.41. The summed E-state index contributed by atoms with van der Waals surface area (Å²) in [7, 11) is 0. The zero-order chi connectivity index (χ0) is 14.3. The van der Waals surface area contributed by atoms with E-state index in [1.54, 1.807) is 4.90 Å². The average Bonchev–Trinajstić information content (AvgIpc) is 2.40. The van der Waals surface area contributed by atoms with E-state index in [-0.39, 0.29) is 23.8 Å². The minimum absolute atomic E-state index is 0.0135. The van der Waals surface area contributed by atoms with Gasteiger partial charge in [-0.25, -0.2) is 0 Å². The van der Waals surface area contributed by atoms with Gasteiger partial charge in [0.05, 0.1) is 5.92 Å². The molecule has 1 saturated carbocycles. The van der Waals surface area contributed by atoms with Crippen molar-refractivity contribution in [3.8, 4) is 0 Å². The second-order valence-corrected chi connectivity index (χ2v) is 5.16. The molecule has 3 N–H and O–H groups in total. The maximum Gasteiger partial charge on any atom is 0.224 e. The van der Waals surface area contributed by atoms with Crippen LogP contribution in [0.3, 0.4) is 0 Å². The Morgan fingerprint density at radius 1 is 1.21 bits per heavy atom. The van der Waals surface area contributed by atoms with Gasteiger partial charge >= 0.3 is 0 Å². The predicted octanol–water partition coefficient (Wildman–Crippen LogP) is 0.879. The van der Waals surface area contributed by atoms with Crippen molar-refractivity contribution in [2.75, 3.05) is 19.6 Å². The molecule has 110 valence electrons. The second-order valence-electron chi connectivity index (χ2n) is 5.16. The van der Waals surface area contributed by atoms with Crippen molar-refractivity contribution in [3.63, 3.8) is 0 Å². The normalized spacial score (nSPS) is 22.9. The van der Waals surface area contributed by atoms with Gasteiger partial charge in [0.25, 0.3) is 0 Å². The molecule has 19 heavy (non-hydrogen) atoms. The van der Waals surface area contributed by atoms with Crippen LogP contribution in [0.1, 0.15) is 46.0 Å². The van der Waals surface area contributed by atoms with Crippen molar-refractivity contribution in [1.29, 1.82) is 0 Å². The van der Waals surface area contributed by atoms with Crippen LogP contribution >= 0.6 is 0 Å². The maximum atomic E-state index is 12.0. The van der Waals surface area contributed by atoms with Crippen molar-refractivity contribution < 1.29 is 9.59 Å². The third kappa shape index (κ3) is 4.82. The summed E-state index contributed by atoms with van der Waals surface area (Å²) in [6.07, 6.45) is 4.36. The van der Waals surface area contributed by atoms with Crippen molar-refractivity contribution in [1.82, 2.24) is 10.2 Å². The first-order valence-electron chi connectivity index (χ1n) is 7.41. The van der Waals surface area contributed by atoms with Gasteiger partial charge in [0.1, 0.15) is 0 Å². The number of carbonyl (C=O) groups is 2. The van der Waals surface area contributed by atoms with E-state index in [1.807, 2.05) is 13.8 Å². The van der Waals surface area contributed by atoms with E-state index in [0.717, 1.165) is 38.8 Å². The zero-order valence-electron chi connectivity index (χ0n) is 12.2. The number of nitrogens with two attached hydrogens (primary N) is 1. The lowest BCUT2D eigenvalue weighted by atomic mass is 9.84. The van der Waals surface area contributed by atoms with Crippen LogP contribution < -0.4 is 11.1 Å². The molecule has 0 aromatic rings. The molecule has 0 heterocycles. The lowest BCUT2D eigenvalue weighted by Crippen LogP contribution is -2.44. The SMILES string of the molecule is CCN(CC)C(=O)CCNC(=O)C1CCCCC1N. The van der Waals surface area contributed by atoms with E-state index in [9.17, 15) is 9.59 Å². The van der Waals surface area contributed by atoms with Crippen LogP contribution in [0.25, 0.3) is 0 Å². The molecule has 1 aliphatic carbocycles. The summed E-state index contributed by atoms with van der Waals surface area (Å²) >= 11 is 0. The van der Waals surface area contributed by atoms with Crippen LogP contribution in [0.4, 0.5) is 0 Å². The van der Waals surface area contributed by atoms with Gasteiger partial charge in [0.15, 0.2) is 0 Å². The van der Waals surface area contributed by atoms with Gasteiger partial charge in [0.2, 0.25) is 11.8 Å². The van der Waals surface area contributed by atoms with Gasteiger partial charge in [-0.15, -0.1) is 0 Å². The van der Waals surface area contributed by atoms with E-state index < -0.39 is 0 Å². The fourth-order valence-electron chi connectivity index (χ4n) is 2.64. The topological polar surface area (TPSA) is 75.4 Å². The largest absolute Gasteiger partial charge is 0.355 e. The summed E-state index contributed by atoms with van der Waals surface area (Å²) < 4.78 is 0. The highest BCUT2D eigenvalue weighted by Gasteiger charge is 2.27. The fourth-order valence-corrected chi connectivity index (χ4v) is 2.64. The summed E-state index contributed by atoms with van der Waals surface area (Å²) in [5.41, 5.74) is 5.97. The molecule has 2 unspecified atom stereocenters. The first kappa shape index (κ1) is 16.0. The number of nitrogens with zero attached hydrogens (tertiary/aromatic N) is 1. The highest BCUT2D eigenvalue weighted by Crippen LogP contribution is 2.22. The van der Waals surface area contributed by atoms with Crippen LogP contribution in [0, 0.1) is 5.92 Å². The van der Waals surface area contributed by atoms with Crippen molar-refractivity contribution in [2.24, 2.45) is 11.7 Å². The Morgan fingerprint density at radius 2 is 1.84 bits per heavy atom. The molecule has 2 atom stereocenters. The van der Waals surface area contributed by atoms with Crippen LogP contribution in [0.2, 0.25) is 0 Å². The summed E-state index contributed by atoms with van der Waals surface area (Å²) in [4.78, 5) is 25.5. The number of hydrogen-bond acceptors (Lipinski definition) is 3. The third-order valence-electron chi connectivity index (χ3n) is 3.91. The Morgan fingerprint density at radius 3 is 2.42 bits per heavy atom. The van der Waals surface area contributed by atoms with Gasteiger partial charge in [0, 0.05) is 32.1 Å². The van der Waals surface area contributed by atoms with Gasteiger partial charge in [-0.1, -0.05) is 12.8 Å². The van der Waals surface area contributed by atoms with Crippen molar-refractivity contribution >= 4 is 11.8 Å². The predicted molar refractivity (Wildman–Crippen MR) is 75.5 cm³/mol. The molecule has 0 aliphatic heterocycles. The number of rotatable bonds is 6. The minimum Gasteiger partial charge on any atom is -0.355 e. The quantitative estimate of drug-likeness (QED) is 0.751. The highest BCUT2D eigenvalue weighted by molar-refractivity contribution is 5.81. The molecule has 0 aromatic heterocycles. The molecular weight excluding hydrogens is 242 g/mol. The van der Waals surface area contributed by atoms with Crippen LogP contribution in [-0.4, -0.2) is 42.4 Å². The smallest absolute Gasteiger partial charge is 0.224 e. The van der Waals surface area contributed by atoms with Gasteiger partial charge < -0.3 is 16.0 Å². The fraction of sp³-hybridized carbons (Fsp3) is 0.857. The first-order chi connectivity index (χ1) is 9.10. The van der Waals surface area contributed by atoms with Crippen molar-refractivity contribution in [3.05, 3.63) is 0 Å².